The molecular weight excluding hydrogens is 251 g/mol. The molecule has 0 radical (unpaired) electrons. The van der Waals surface area contributed by atoms with Gasteiger partial charge >= 0.3 is 0 Å². The molecule has 3 aromatic rings. The lowest BCUT2D eigenvalue weighted by Gasteiger charge is -2.04. The van der Waals surface area contributed by atoms with Crippen LogP contribution in [0.25, 0.3) is 22.3 Å². The van der Waals surface area contributed by atoms with E-state index >= 15 is 0 Å². The van der Waals surface area contributed by atoms with Crippen molar-refractivity contribution in [2.75, 3.05) is 7.11 Å². The van der Waals surface area contributed by atoms with E-state index in [-0.39, 0.29) is 5.75 Å². The molecule has 2 aromatic heterocycles. The lowest BCUT2D eigenvalue weighted by molar-refractivity contribution is 0.386. The smallest absolute Gasteiger partial charge is 0.165 e. The van der Waals surface area contributed by atoms with Gasteiger partial charge in [-0.1, -0.05) is 0 Å². The zero-order valence-corrected chi connectivity index (χ0v) is 10.4. The number of hydrogen-bond acceptors (Lipinski definition) is 4. The summed E-state index contributed by atoms with van der Waals surface area (Å²) < 4.78 is 18.5. The maximum Gasteiger partial charge on any atom is 0.165 e. The van der Waals surface area contributed by atoms with Gasteiger partial charge in [0.25, 0.3) is 0 Å². The SMILES string of the molecule is COc1ccc(-c2cnc3cscc3n2)cc1F. The molecule has 18 heavy (non-hydrogen) atoms. The number of ether oxygens (including phenoxy) is 1. The average molecular weight is 260 g/mol. The highest BCUT2D eigenvalue weighted by atomic mass is 32.1. The molecule has 0 aliphatic carbocycles. The Morgan fingerprint density at radius 3 is 2.83 bits per heavy atom. The lowest BCUT2D eigenvalue weighted by atomic mass is 10.1. The Balaban J connectivity index is 2.10. The van der Waals surface area contributed by atoms with Gasteiger partial charge in [0.15, 0.2) is 11.6 Å². The largest absolute Gasteiger partial charge is 0.494 e. The summed E-state index contributed by atoms with van der Waals surface area (Å²) in [5.74, 6) is -0.175. The van der Waals surface area contributed by atoms with Gasteiger partial charge in [-0.15, -0.1) is 11.3 Å². The normalized spacial score (nSPS) is 10.8. The number of aromatic nitrogens is 2. The molecule has 5 heteroatoms. The first kappa shape index (κ1) is 11.1. The predicted octanol–water partition coefficient (Wildman–Crippen LogP) is 3.51. The first-order valence-electron chi connectivity index (χ1n) is 5.31. The van der Waals surface area contributed by atoms with Gasteiger partial charge in [0.1, 0.15) is 5.52 Å². The summed E-state index contributed by atoms with van der Waals surface area (Å²) in [6.07, 6.45) is 1.65. The van der Waals surface area contributed by atoms with Crippen molar-refractivity contribution in [1.82, 2.24) is 9.97 Å². The molecule has 0 aliphatic heterocycles. The van der Waals surface area contributed by atoms with Gasteiger partial charge in [0.05, 0.1) is 24.5 Å². The van der Waals surface area contributed by atoms with Crippen molar-refractivity contribution >= 4 is 22.4 Å². The summed E-state index contributed by atoms with van der Waals surface area (Å²) in [5, 5.41) is 3.85. The molecule has 0 aliphatic rings. The van der Waals surface area contributed by atoms with Crippen LogP contribution in [0.2, 0.25) is 0 Å². The topological polar surface area (TPSA) is 35.0 Å². The van der Waals surface area contributed by atoms with E-state index in [1.807, 2.05) is 10.8 Å². The zero-order chi connectivity index (χ0) is 12.5. The Labute approximate surface area is 107 Å². The fraction of sp³-hybridized carbons (Fsp3) is 0.0769. The number of thiophene rings is 1. The highest BCUT2D eigenvalue weighted by Crippen LogP contribution is 2.25. The van der Waals surface area contributed by atoms with Crippen LogP contribution in [0.3, 0.4) is 0 Å². The highest BCUT2D eigenvalue weighted by molar-refractivity contribution is 7.09. The van der Waals surface area contributed by atoms with Crippen molar-refractivity contribution in [2.45, 2.75) is 0 Å². The zero-order valence-electron chi connectivity index (χ0n) is 9.55. The van der Waals surface area contributed by atoms with Crippen molar-refractivity contribution < 1.29 is 9.13 Å². The summed E-state index contributed by atoms with van der Waals surface area (Å²) in [5.41, 5.74) is 3.03. The van der Waals surface area contributed by atoms with Crippen molar-refractivity contribution in [3.05, 3.63) is 41.0 Å². The van der Waals surface area contributed by atoms with Gasteiger partial charge in [-0.2, -0.15) is 0 Å². The number of benzene rings is 1. The molecule has 0 N–H and O–H groups in total. The van der Waals surface area contributed by atoms with Gasteiger partial charge < -0.3 is 4.74 Å². The van der Waals surface area contributed by atoms with E-state index in [1.54, 1.807) is 29.7 Å². The molecule has 0 unspecified atom stereocenters. The van der Waals surface area contributed by atoms with E-state index < -0.39 is 5.82 Å². The predicted molar refractivity (Wildman–Crippen MR) is 69.4 cm³/mol. The molecule has 90 valence electrons. The third kappa shape index (κ3) is 1.82. The molecule has 3 rings (SSSR count). The molecule has 1 aromatic carbocycles. The van der Waals surface area contributed by atoms with E-state index in [0.717, 1.165) is 11.0 Å². The molecule has 0 fully saturated rings. The van der Waals surface area contributed by atoms with Crippen LogP contribution in [0.15, 0.2) is 35.2 Å². The summed E-state index contributed by atoms with van der Waals surface area (Å²) >= 11 is 1.55. The standard InChI is InChI=1S/C13H9FN2OS/c1-17-13-3-2-8(4-9(13)14)10-5-15-11-6-18-7-12(11)16-10/h2-7H,1H3. The summed E-state index contributed by atoms with van der Waals surface area (Å²) in [7, 11) is 1.44. The first-order chi connectivity index (χ1) is 8.78. The minimum Gasteiger partial charge on any atom is -0.494 e. The molecule has 2 heterocycles. The van der Waals surface area contributed by atoms with E-state index in [2.05, 4.69) is 9.97 Å². The fourth-order valence-corrected chi connectivity index (χ4v) is 2.40. The van der Waals surface area contributed by atoms with Crippen molar-refractivity contribution in [3.8, 4) is 17.0 Å². The molecule has 0 atom stereocenters. The number of rotatable bonds is 2. The molecule has 0 saturated carbocycles. The third-order valence-corrected chi connectivity index (χ3v) is 3.35. The first-order valence-corrected chi connectivity index (χ1v) is 6.25. The van der Waals surface area contributed by atoms with Crippen molar-refractivity contribution in [2.24, 2.45) is 0 Å². The van der Waals surface area contributed by atoms with Gasteiger partial charge in [0.2, 0.25) is 0 Å². The molecule has 0 bridgehead atoms. The summed E-state index contributed by atoms with van der Waals surface area (Å²) in [6, 6.07) is 4.76. The van der Waals surface area contributed by atoms with Gasteiger partial charge in [-0.3, -0.25) is 4.98 Å². The second-order valence-electron chi connectivity index (χ2n) is 3.75. The molecule has 3 nitrogen and oxygen atoms in total. The number of hydrogen-bond donors (Lipinski definition) is 0. The van der Waals surface area contributed by atoms with Crippen molar-refractivity contribution in [1.29, 1.82) is 0 Å². The Hall–Kier alpha value is -2.01. The number of halogens is 1. The van der Waals surface area contributed by atoms with Crippen LogP contribution in [-0.2, 0) is 0 Å². The van der Waals surface area contributed by atoms with E-state index in [4.69, 9.17) is 4.74 Å². The molecule has 0 saturated heterocycles. The maximum absolute atomic E-state index is 13.6. The number of fused-ring (bicyclic) bond motifs is 1. The summed E-state index contributed by atoms with van der Waals surface area (Å²) in [6.45, 7) is 0. The minimum absolute atomic E-state index is 0.225. The van der Waals surface area contributed by atoms with Crippen LogP contribution in [0.4, 0.5) is 4.39 Å². The Bertz CT molecular complexity index is 711. The van der Waals surface area contributed by atoms with Crippen molar-refractivity contribution in [3.63, 3.8) is 0 Å². The Kier molecular flexibility index (Phi) is 2.68. The monoisotopic (exact) mass is 260 g/mol. The van der Waals surface area contributed by atoms with Gasteiger partial charge in [0, 0.05) is 16.3 Å². The van der Waals surface area contributed by atoms with Crippen LogP contribution in [-0.4, -0.2) is 17.1 Å². The average Bonchev–Trinajstić information content (AvgIpc) is 2.85. The molecular formula is C13H9FN2OS. The van der Waals surface area contributed by atoms with E-state index in [9.17, 15) is 4.39 Å². The van der Waals surface area contributed by atoms with Crippen LogP contribution in [0.1, 0.15) is 0 Å². The van der Waals surface area contributed by atoms with Crippen LogP contribution in [0.5, 0.6) is 5.75 Å². The molecule has 0 amide bonds. The second kappa shape index (κ2) is 4.34. The Morgan fingerprint density at radius 1 is 1.22 bits per heavy atom. The molecule has 0 spiro atoms. The van der Waals surface area contributed by atoms with Gasteiger partial charge in [-0.25, -0.2) is 9.37 Å². The maximum atomic E-state index is 13.6. The Morgan fingerprint density at radius 2 is 2.06 bits per heavy atom. The second-order valence-corrected chi connectivity index (χ2v) is 4.49. The van der Waals surface area contributed by atoms with E-state index in [1.165, 1.54) is 13.2 Å². The van der Waals surface area contributed by atoms with Gasteiger partial charge in [-0.05, 0) is 18.2 Å². The van der Waals surface area contributed by atoms with Crippen LogP contribution in [0, 0.1) is 5.82 Å². The van der Waals surface area contributed by atoms with Crippen LogP contribution < -0.4 is 4.74 Å². The van der Waals surface area contributed by atoms with E-state index in [0.29, 0.717) is 11.3 Å². The quantitative estimate of drug-likeness (QED) is 0.707. The minimum atomic E-state index is -0.401. The third-order valence-electron chi connectivity index (χ3n) is 2.64. The lowest BCUT2D eigenvalue weighted by Crippen LogP contribution is -1.90. The fourth-order valence-electron chi connectivity index (χ4n) is 1.72. The van der Waals surface area contributed by atoms with Crippen LogP contribution >= 0.6 is 11.3 Å². The highest BCUT2D eigenvalue weighted by Gasteiger charge is 2.07. The number of nitrogens with zero attached hydrogens (tertiary/aromatic N) is 2. The summed E-state index contributed by atoms with van der Waals surface area (Å²) in [4.78, 5) is 8.73. The number of methoxy groups -OCH3 is 1.